The van der Waals surface area contributed by atoms with Crippen LogP contribution in [0.5, 0.6) is 0 Å². The minimum Gasteiger partial charge on any atom is -0.200 e. The Morgan fingerprint density at radius 2 is 2.25 bits per heavy atom. The molecule has 0 aromatic heterocycles. The molecule has 0 atom stereocenters. The highest BCUT2D eigenvalue weighted by molar-refractivity contribution is 7.78. The Balaban J connectivity index is 3.84. The van der Waals surface area contributed by atoms with E-state index in [1.165, 1.54) is 0 Å². The summed E-state index contributed by atoms with van der Waals surface area (Å²) in [6.07, 6.45) is 0. The van der Waals surface area contributed by atoms with Crippen LogP contribution in [-0.2, 0) is 0 Å². The normalized spacial score (nSPS) is 8.38. The van der Waals surface area contributed by atoms with Crippen molar-refractivity contribution in [3.05, 3.63) is 12.3 Å². The molecular weight excluding hydrogens is 118 g/mol. The Bertz CT molecular complexity index is 131. The maximum atomic E-state index is 4.37. The van der Waals surface area contributed by atoms with Gasteiger partial charge in [-0.3, -0.25) is 0 Å². The molecule has 0 rings (SSSR count). The Labute approximate surface area is 55.1 Å². The molecule has 0 aromatic rings. The highest BCUT2D eigenvalue weighted by atomic mass is 32.1. The zero-order valence-electron chi connectivity index (χ0n) is 5.14. The van der Waals surface area contributed by atoms with Crippen molar-refractivity contribution in [3.8, 4) is 0 Å². The van der Waals surface area contributed by atoms with E-state index in [-0.39, 0.29) is 0 Å². The number of thiocarbonyl (C=S) groups is 1. The summed E-state index contributed by atoms with van der Waals surface area (Å²) >= 11 is 4.37. The summed E-state index contributed by atoms with van der Waals surface area (Å²) in [5, 5.41) is 2.26. The van der Waals surface area contributed by atoms with Crippen molar-refractivity contribution in [2.75, 3.05) is 0 Å². The van der Waals surface area contributed by atoms with Crippen molar-refractivity contribution >= 4 is 17.4 Å². The molecule has 0 amide bonds. The van der Waals surface area contributed by atoms with E-state index in [0.29, 0.717) is 5.92 Å². The molecule has 8 heavy (non-hydrogen) atoms. The van der Waals surface area contributed by atoms with Gasteiger partial charge in [0.25, 0.3) is 0 Å². The molecule has 0 N–H and O–H groups in total. The summed E-state index contributed by atoms with van der Waals surface area (Å²) in [6.45, 7) is 7.67. The van der Waals surface area contributed by atoms with Gasteiger partial charge in [0.1, 0.15) is 0 Å². The first kappa shape index (κ1) is 7.54. The number of isothiocyanates is 1. The van der Waals surface area contributed by atoms with Crippen LogP contribution in [0.2, 0.25) is 0 Å². The maximum absolute atomic E-state index is 4.37. The van der Waals surface area contributed by atoms with Crippen molar-refractivity contribution < 1.29 is 0 Å². The van der Waals surface area contributed by atoms with Gasteiger partial charge in [-0.05, 0) is 18.1 Å². The molecule has 2 heteroatoms. The van der Waals surface area contributed by atoms with Gasteiger partial charge in [0, 0.05) is 5.70 Å². The molecule has 0 saturated heterocycles. The molecule has 0 bridgehead atoms. The predicted octanol–water partition coefficient (Wildman–Crippen LogP) is 2.26. The van der Waals surface area contributed by atoms with Crippen LogP contribution in [-0.4, -0.2) is 5.16 Å². The fraction of sp³-hybridized carbons (Fsp3) is 0.500. The second-order valence-electron chi connectivity index (χ2n) is 1.85. The summed E-state index contributed by atoms with van der Waals surface area (Å²) in [5.41, 5.74) is 0.792. The standard InChI is InChI=1S/C6H9NS/c1-5(2)6(3)7-4-8/h5H,3H2,1-2H3. The quantitative estimate of drug-likeness (QED) is 0.409. The minimum atomic E-state index is 0.380. The summed E-state index contributed by atoms with van der Waals surface area (Å²) < 4.78 is 0. The monoisotopic (exact) mass is 127 g/mol. The minimum absolute atomic E-state index is 0.380. The molecule has 44 valence electrons. The van der Waals surface area contributed by atoms with E-state index in [1.54, 1.807) is 0 Å². The first-order valence-corrected chi connectivity index (χ1v) is 2.86. The van der Waals surface area contributed by atoms with E-state index < -0.39 is 0 Å². The molecule has 0 aromatic carbocycles. The lowest BCUT2D eigenvalue weighted by atomic mass is 10.2. The van der Waals surface area contributed by atoms with Gasteiger partial charge in [-0.15, -0.1) is 0 Å². The van der Waals surface area contributed by atoms with Crippen LogP contribution in [0.15, 0.2) is 17.3 Å². The fourth-order valence-corrected chi connectivity index (χ4v) is 0.305. The molecular formula is C6H9NS. The van der Waals surface area contributed by atoms with Crippen molar-refractivity contribution in [1.29, 1.82) is 0 Å². The molecule has 0 aliphatic rings. The molecule has 1 nitrogen and oxygen atoms in total. The molecule has 0 unspecified atom stereocenters. The van der Waals surface area contributed by atoms with Crippen molar-refractivity contribution in [2.45, 2.75) is 13.8 Å². The lowest BCUT2D eigenvalue weighted by Crippen LogP contribution is -1.86. The highest BCUT2D eigenvalue weighted by Crippen LogP contribution is 2.05. The maximum Gasteiger partial charge on any atom is 0.0637 e. The third kappa shape index (κ3) is 2.67. The predicted molar refractivity (Wildman–Crippen MR) is 39.0 cm³/mol. The zero-order chi connectivity index (χ0) is 6.57. The number of allylic oxidation sites excluding steroid dienone is 1. The van der Waals surface area contributed by atoms with Crippen LogP contribution >= 0.6 is 12.2 Å². The van der Waals surface area contributed by atoms with E-state index in [1.807, 2.05) is 13.8 Å². The largest absolute Gasteiger partial charge is 0.200 e. The smallest absolute Gasteiger partial charge is 0.0637 e. The molecule has 0 aliphatic heterocycles. The van der Waals surface area contributed by atoms with Gasteiger partial charge in [-0.1, -0.05) is 20.4 Å². The topological polar surface area (TPSA) is 12.4 Å². The van der Waals surface area contributed by atoms with Crippen LogP contribution in [0.25, 0.3) is 0 Å². The molecule has 0 fully saturated rings. The second-order valence-corrected chi connectivity index (χ2v) is 2.03. The van der Waals surface area contributed by atoms with Gasteiger partial charge in [0.05, 0.1) is 5.16 Å². The van der Waals surface area contributed by atoms with Crippen LogP contribution in [0.3, 0.4) is 0 Å². The van der Waals surface area contributed by atoms with Gasteiger partial charge < -0.3 is 0 Å². The molecule has 0 aliphatic carbocycles. The van der Waals surface area contributed by atoms with E-state index in [9.17, 15) is 0 Å². The number of hydrogen-bond donors (Lipinski definition) is 0. The number of hydrogen-bond acceptors (Lipinski definition) is 2. The lowest BCUT2D eigenvalue weighted by Gasteiger charge is -1.97. The van der Waals surface area contributed by atoms with Gasteiger partial charge in [0.15, 0.2) is 0 Å². The SMILES string of the molecule is C=C(N=C=S)C(C)C. The lowest BCUT2D eigenvalue weighted by molar-refractivity contribution is 0.764. The van der Waals surface area contributed by atoms with Gasteiger partial charge >= 0.3 is 0 Å². The Kier molecular flexibility index (Phi) is 3.33. The van der Waals surface area contributed by atoms with Crippen LogP contribution < -0.4 is 0 Å². The van der Waals surface area contributed by atoms with Gasteiger partial charge in [-0.2, -0.15) is 4.99 Å². The summed E-state index contributed by atoms with van der Waals surface area (Å²) in [6, 6.07) is 0. The first-order valence-electron chi connectivity index (χ1n) is 2.45. The van der Waals surface area contributed by atoms with Crippen LogP contribution in [0.1, 0.15) is 13.8 Å². The Morgan fingerprint density at radius 3 is 2.38 bits per heavy atom. The van der Waals surface area contributed by atoms with Crippen molar-refractivity contribution in [3.63, 3.8) is 0 Å². The highest BCUT2D eigenvalue weighted by Gasteiger charge is 1.93. The number of aliphatic imine (C=N–C) groups is 1. The molecule has 0 radical (unpaired) electrons. The average Bonchev–Trinajstić information content (AvgIpc) is 1.67. The van der Waals surface area contributed by atoms with E-state index in [0.717, 1.165) is 5.70 Å². The molecule has 0 saturated carbocycles. The second kappa shape index (κ2) is 3.53. The third-order valence-corrected chi connectivity index (χ3v) is 0.947. The average molecular weight is 127 g/mol. The zero-order valence-corrected chi connectivity index (χ0v) is 5.96. The first-order chi connectivity index (χ1) is 3.68. The number of rotatable bonds is 2. The van der Waals surface area contributed by atoms with Gasteiger partial charge in [-0.25, -0.2) is 0 Å². The van der Waals surface area contributed by atoms with Crippen LogP contribution in [0.4, 0.5) is 0 Å². The summed E-state index contributed by atoms with van der Waals surface area (Å²) in [4.78, 5) is 3.69. The van der Waals surface area contributed by atoms with Gasteiger partial charge in [0.2, 0.25) is 0 Å². The Morgan fingerprint density at radius 1 is 1.75 bits per heavy atom. The van der Waals surface area contributed by atoms with Crippen molar-refractivity contribution in [2.24, 2.45) is 10.9 Å². The molecule has 0 heterocycles. The van der Waals surface area contributed by atoms with E-state index in [2.05, 4.69) is 29.0 Å². The van der Waals surface area contributed by atoms with E-state index in [4.69, 9.17) is 0 Å². The number of nitrogens with zero attached hydrogens (tertiary/aromatic N) is 1. The summed E-state index contributed by atoms with van der Waals surface area (Å²) in [5.74, 6) is 0.380. The Hall–Kier alpha value is -0.460. The molecule has 0 spiro atoms. The fourth-order valence-electron chi connectivity index (χ4n) is 0.188. The van der Waals surface area contributed by atoms with Crippen LogP contribution in [0, 0.1) is 5.92 Å². The third-order valence-electron chi connectivity index (χ3n) is 0.856. The van der Waals surface area contributed by atoms with Crippen molar-refractivity contribution in [1.82, 2.24) is 0 Å². The summed E-state index contributed by atoms with van der Waals surface area (Å²) in [7, 11) is 0. The van der Waals surface area contributed by atoms with E-state index >= 15 is 0 Å².